The molecule has 0 atom stereocenters. The number of hydrogen-bond acceptors (Lipinski definition) is 2. The molecule has 0 spiro atoms. The van der Waals surface area contributed by atoms with E-state index in [2.05, 4.69) is 34.3 Å². The van der Waals surface area contributed by atoms with Crippen molar-refractivity contribution in [2.24, 2.45) is 0 Å². The van der Waals surface area contributed by atoms with E-state index >= 15 is 0 Å². The van der Waals surface area contributed by atoms with Crippen LogP contribution in [0.15, 0.2) is 115 Å². The number of nitrogens with zero attached hydrogens (tertiary/aromatic N) is 3. The van der Waals surface area contributed by atoms with E-state index in [1.54, 1.807) is 0 Å². The average Bonchev–Trinajstić information content (AvgIpc) is 3.57. The zero-order valence-corrected chi connectivity index (χ0v) is 18.0. The fourth-order valence-electron chi connectivity index (χ4n) is 3.00. The third kappa shape index (κ3) is 6.17. The van der Waals surface area contributed by atoms with Gasteiger partial charge in [-0.05, 0) is 5.56 Å². The molecule has 0 fully saturated rings. The first-order valence-corrected chi connectivity index (χ1v) is 9.83. The van der Waals surface area contributed by atoms with Crippen molar-refractivity contribution in [3.8, 4) is 23.1 Å². The Morgan fingerprint density at radius 2 is 1.45 bits per heavy atom. The molecule has 0 amide bonds. The Hall–Kier alpha value is -3.64. The predicted molar refractivity (Wildman–Crippen MR) is 121 cm³/mol. The molecule has 0 radical (unpaired) electrons. The first-order chi connectivity index (χ1) is 14.9. The first-order valence-electron chi connectivity index (χ1n) is 9.83. The molecule has 5 rings (SSSR count). The minimum Gasteiger partial charge on any atom is -0.242 e. The molecule has 1 aromatic heterocycles. The van der Waals surface area contributed by atoms with Crippen molar-refractivity contribution in [1.29, 1.82) is 0 Å². The molecule has 0 saturated carbocycles. The summed E-state index contributed by atoms with van der Waals surface area (Å²) < 4.78 is 1.87. The Labute approximate surface area is 193 Å². The summed E-state index contributed by atoms with van der Waals surface area (Å²) in [6, 6.07) is 38.3. The summed E-state index contributed by atoms with van der Waals surface area (Å²) in [5.74, 6) is 6.48. The summed E-state index contributed by atoms with van der Waals surface area (Å²) in [7, 11) is 0. The first kappa shape index (κ1) is 22.1. The van der Waals surface area contributed by atoms with Crippen molar-refractivity contribution in [2.45, 2.75) is 6.54 Å². The van der Waals surface area contributed by atoms with Crippen LogP contribution in [0.5, 0.6) is 0 Å². The van der Waals surface area contributed by atoms with Crippen LogP contribution in [0.3, 0.4) is 0 Å². The van der Waals surface area contributed by atoms with Crippen LogP contribution in [0.1, 0.15) is 16.8 Å². The van der Waals surface area contributed by atoms with Gasteiger partial charge in [0.15, 0.2) is 0 Å². The van der Waals surface area contributed by atoms with Crippen molar-refractivity contribution in [1.82, 2.24) is 15.0 Å². The summed E-state index contributed by atoms with van der Waals surface area (Å²) in [5, 5.41) is 8.74. The standard InChI is InChI=1S/C22H16N3.C5H5.Fe/c1-3-11-19(12-4-1)17-25-21(16-15-18-9-7-8-10-18)22(23-24-25)20-13-5-2-6-14-20;1-2-4-5-3-1;/h1-14H,17H2;1-5H;/q2*-1;+2. The number of aromatic nitrogens is 3. The Balaban J connectivity index is 0.000000401. The van der Waals surface area contributed by atoms with Crippen LogP contribution in [0.4, 0.5) is 0 Å². The summed E-state index contributed by atoms with van der Waals surface area (Å²) in [6.45, 7) is 0.645. The van der Waals surface area contributed by atoms with Crippen LogP contribution in [-0.4, -0.2) is 15.0 Å². The predicted octanol–water partition coefficient (Wildman–Crippen LogP) is 5.52. The number of hydrogen-bond donors (Lipinski definition) is 0. The van der Waals surface area contributed by atoms with E-state index in [-0.39, 0.29) is 17.1 Å². The third-order valence-corrected chi connectivity index (χ3v) is 4.50. The van der Waals surface area contributed by atoms with Crippen LogP contribution < -0.4 is 0 Å². The maximum Gasteiger partial charge on any atom is 2.00 e. The smallest absolute Gasteiger partial charge is 0.242 e. The van der Waals surface area contributed by atoms with Gasteiger partial charge in [0, 0.05) is 5.56 Å². The van der Waals surface area contributed by atoms with Gasteiger partial charge in [0.05, 0.1) is 12.2 Å². The molecule has 1 heterocycles. The van der Waals surface area contributed by atoms with E-state index in [0.717, 1.165) is 22.5 Å². The molecule has 0 unspecified atom stereocenters. The van der Waals surface area contributed by atoms with E-state index in [4.69, 9.17) is 0 Å². The van der Waals surface area contributed by atoms with Crippen LogP contribution in [0, 0.1) is 11.8 Å². The van der Waals surface area contributed by atoms with Gasteiger partial charge < -0.3 is 0 Å². The molecule has 0 N–H and O–H groups in total. The van der Waals surface area contributed by atoms with E-state index in [1.807, 2.05) is 108 Å². The van der Waals surface area contributed by atoms with Gasteiger partial charge >= 0.3 is 17.1 Å². The normalized spacial score (nSPS) is 9.55. The van der Waals surface area contributed by atoms with Gasteiger partial charge in [-0.25, -0.2) is 16.8 Å². The molecule has 0 aliphatic heterocycles. The van der Waals surface area contributed by atoms with Crippen molar-refractivity contribution in [3.05, 3.63) is 132 Å². The largest absolute Gasteiger partial charge is 2.00 e. The molecule has 4 heteroatoms. The summed E-state index contributed by atoms with van der Waals surface area (Å²) >= 11 is 0. The Morgan fingerprint density at radius 3 is 2.06 bits per heavy atom. The van der Waals surface area contributed by atoms with Crippen LogP contribution in [0.25, 0.3) is 11.3 Å². The minimum absolute atomic E-state index is 0. The SMILES string of the molecule is C(#C[c-]1cccc1)c1c(-c2ccccc2)nnn1Cc1ccccc1.[Fe+2].c1cc[cH-]c1. The maximum absolute atomic E-state index is 4.39. The minimum atomic E-state index is 0. The van der Waals surface area contributed by atoms with Crippen LogP contribution in [0.2, 0.25) is 0 Å². The summed E-state index contributed by atoms with van der Waals surface area (Å²) in [6.07, 6.45) is 0. The molecule has 0 aliphatic carbocycles. The topological polar surface area (TPSA) is 30.7 Å². The molecule has 152 valence electrons. The van der Waals surface area contributed by atoms with Gasteiger partial charge in [-0.15, -0.1) is 17.2 Å². The van der Waals surface area contributed by atoms with Gasteiger partial charge in [0.2, 0.25) is 0 Å². The molecule has 0 bridgehead atoms. The zero-order chi connectivity index (χ0) is 20.4. The maximum atomic E-state index is 4.39. The molecular formula is C27H21FeN3. The van der Waals surface area contributed by atoms with Gasteiger partial charge in [0.25, 0.3) is 0 Å². The second-order valence-corrected chi connectivity index (χ2v) is 6.68. The van der Waals surface area contributed by atoms with E-state index in [0.29, 0.717) is 6.54 Å². The third-order valence-electron chi connectivity index (χ3n) is 4.50. The second-order valence-electron chi connectivity index (χ2n) is 6.68. The summed E-state index contributed by atoms with van der Waals surface area (Å²) in [5.41, 5.74) is 4.83. The average molecular weight is 443 g/mol. The quantitative estimate of drug-likeness (QED) is 0.209. The van der Waals surface area contributed by atoms with Crippen molar-refractivity contribution < 1.29 is 17.1 Å². The van der Waals surface area contributed by atoms with Gasteiger partial charge in [-0.2, -0.15) is 42.2 Å². The van der Waals surface area contributed by atoms with Crippen molar-refractivity contribution in [3.63, 3.8) is 0 Å². The van der Waals surface area contributed by atoms with Gasteiger partial charge in [-0.3, -0.25) is 0 Å². The van der Waals surface area contributed by atoms with Gasteiger partial charge in [0.1, 0.15) is 5.69 Å². The fraction of sp³-hybridized carbons (Fsp3) is 0.0370. The van der Waals surface area contributed by atoms with E-state index in [1.165, 1.54) is 5.56 Å². The Morgan fingerprint density at radius 1 is 0.806 bits per heavy atom. The monoisotopic (exact) mass is 443 g/mol. The second kappa shape index (κ2) is 11.5. The molecule has 4 aromatic carbocycles. The molecule has 31 heavy (non-hydrogen) atoms. The number of benzene rings is 2. The van der Waals surface area contributed by atoms with Crippen molar-refractivity contribution in [2.75, 3.05) is 0 Å². The zero-order valence-electron chi connectivity index (χ0n) is 16.9. The van der Waals surface area contributed by atoms with Gasteiger partial charge in [-0.1, -0.05) is 71.4 Å². The van der Waals surface area contributed by atoms with Crippen LogP contribution in [-0.2, 0) is 23.6 Å². The number of rotatable bonds is 3. The Kier molecular flexibility index (Phi) is 8.20. The molecular weight excluding hydrogens is 422 g/mol. The Bertz CT molecular complexity index is 1180. The molecule has 3 nitrogen and oxygen atoms in total. The fourth-order valence-corrected chi connectivity index (χ4v) is 3.00. The van der Waals surface area contributed by atoms with Crippen LogP contribution >= 0.6 is 0 Å². The summed E-state index contributed by atoms with van der Waals surface area (Å²) in [4.78, 5) is 0. The molecule has 0 saturated heterocycles. The molecule has 5 aromatic rings. The van der Waals surface area contributed by atoms with Crippen molar-refractivity contribution >= 4 is 0 Å². The van der Waals surface area contributed by atoms with E-state index in [9.17, 15) is 0 Å². The van der Waals surface area contributed by atoms with E-state index < -0.39 is 0 Å². The molecule has 0 aliphatic rings.